The highest BCUT2D eigenvalue weighted by atomic mass is 35.5. The highest BCUT2D eigenvalue weighted by molar-refractivity contribution is 6.65. The van der Waals surface area contributed by atoms with Crippen LogP contribution in [0.4, 0.5) is 0 Å². The molecule has 0 saturated heterocycles. The van der Waals surface area contributed by atoms with Gasteiger partial charge in [0.05, 0.1) is 6.17 Å². The molecular formula is C11H23ClN4. The Bertz CT molecular complexity index is 226. The predicted octanol–water partition coefficient (Wildman–Crippen LogP) is 1.95. The fraction of sp³-hybridized carbons (Fsp3) is 0.818. The van der Waals surface area contributed by atoms with Gasteiger partial charge in [0.15, 0.2) is 0 Å². The molecule has 0 spiro atoms. The monoisotopic (exact) mass is 246 g/mol. The average Bonchev–Trinajstić information content (AvgIpc) is 2.24. The molecule has 1 unspecified atom stereocenters. The lowest BCUT2D eigenvalue weighted by Crippen LogP contribution is -2.27. The maximum Gasteiger partial charge on any atom is 0.113 e. The van der Waals surface area contributed by atoms with Gasteiger partial charge in [-0.2, -0.15) is 0 Å². The highest BCUT2D eigenvalue weighted by Crippen LogP contribution is 1.91. The van der Waals surface area contributed by atoms with Gasteiger partial charge in [0.2, 0.25) is 0 Å². The van der Waals surface area contributed by atoms with E-state index < -0.39 is 0 Å². The van der Waals surface area contributed by atoms with Gasteiger partial charge in [-0.25, -0.2) is 4.99 Å². The standard InChI is InChI=1S/C11H23ClN4/c1-5-11(12)15-9-14-10(2)13-7-6-8-16(3)4/h9-10,13H,5-8H2,1-4H3/b14-9-,15-11+. The lowest BCUT2D eigenvalue weighted by molar-refractivity contribution is 0.389. The SMILES string of the molecule is CC/C(Cl)=N\C=N/C(C)NCCCN(C)C. The zero-order valence-electron chi connectivity index (χ0n) is 10.7. The van der Waals surface area contributed by atoms with E-state index in [-0.39, 0.29) is 6.17 Å². The Morgan fingerprint density at radius 3 is 2.75 bits per heavy atom. The Kier molecular flexibility index (Phi) is 9.48. The third kappa shape index (κ3) is 10.1. The molecule has 0 aromatic heterocycles. The number of halogens is 1. The quantitative estimate of drug-likeness (QED) is 0.404. The first-order valence-electron chi connectivity index (χ1n) is 5.68. The second-order valence-corrected chi connectivity index (χ2v) is 4.35. The van der Waals surface area contributed by atoms with Crippen LogP contribution in [0.2, 0.25) is 0 Å². The molecule has 0 aromatic rings. The minimum Gasteiger partial charge on any atom is -0.309 e. The second kappa shape index (κ2) is 9.75. The molecule has 4 nitrogen and oxygen atoms in total. The van der Waals surface area contributed by atoms with E-state index in [1.54, 1.807) is 0 Å². The van der Waals surface area contributed by atoms with Gasteiger partial charge in [-0.15, -0.1) is 0 Å². The van der Waals surface area contributed by atoms with Gasteiger partial charge in [-0.05, 0) is 47.0 Å². The second-order valence-electron chi connectivity index (χ2n) is 3.91. The van der Waals surface area contributed by atoms with E-state index in [2.05, 4.69) is 34.3 Å². The molecule has 1 N–H and O–H groups in total. The molecule has 0 aliphatic carbocycles. The molecule has 0 bridgehead atoms. The summed E-state index contributed by atoms with van der Waals surface area (Å²) in [6, 6.07) is 0. The molecule has 0 saturated carbocycles. The molecule has 0 radical (unpaired) electrons. The van der Waals surface area contributed by atoms with E-state index in [1.807, 2.05) is 13.8 Å². The molecule has 1 atom stereocenters. The largest absolute Gasteiger partial charge is 0.309 e. The lowest BCUT2D eigenvalue weighted by Gasteiger charge is -2.11. The summed E-state index contributed by atoms with van der Waals surface area (Å²) >= 11 is 5.74. The zero-order chi connectivity index (χ0) is 12.4. The third-order valence-corrected chi connectivity index (χ3v) is 2.37. The van der Waals surface area contributed by atoms with E-state index in [1.165, 1.54) is 6.34 Å². The summed E-state index contributed by atoms with van der Waals surface area (Å²) in [5.41, 5.74) is 0. The summed E-state index contributed by atoms with van der Waals surface area (Å²) in [5, 5.41) is 3.88. The van der Waals surface area contributed by atoms with Gasteiger partial charge in [0.1, 0.15) is 11.5 Å². The van der Waals surface area contributed by atoms with E-state index in [0.29, 0.717) is 5.17 Å². The minimum absolute atomic E-state index is 0.0900. The Morgan fingerprint density at radius 1 is 1.50 bits per heavy atom. The predicted molar refractivity (Wildman–Crippen MR) is 72.7 cm³/mol. The van der Waals surface area contributed by atoms with Gasteiger partial charge in [-0.1, -0.05) is 18.5 Å². The summed E-state index contributed by atoms with van der Waals surface area (Å²) in [4.78, 5) is 10.4. The van der Waals surface area contributed by atoms with Crippen LogP contribution in [0.1, 0.15) is 26.7 Å². The van der Waals surface area contributed by atoms with Crippen LogP contribution in [0.15, 0.2) is 9.98 Å². The van der Waals surface area contributed by atoms with Crippen molar-refractivity contribution in [3.63, 3.8) is 0 Å². The summed E-state index contributed by atoms with van der Waals surface area (Å²) in [7, 11) is 4.14. The van der Waals surface area contributed by atoms with Crippen LogP contribution < -0.4 is 5.32 Å². The minimum atomic E-state index is 0.0900. The molecule has 16 heavy (non-hydrogen) atoms. The number of rotatable bonds is 8. The zero-order valence-corrected chi connectivity index (χ0v) is 11.5. The van der Waals surface area contributed by atoms with Crippen LogP contribution in [-0.4, -0.2) is 49.8 Å². The van der Waals surface area contributed by atoms with Crippen molar-refractivity contribution in [1.82, 2.24) is 10.2 Å². The van der Waals surface area contributed by atoms with Crippen LogP contribution in [-0.2, 0) is 0 Å². The van der Waals surface area contributed by atoms with Crippen LogP contribution in [0.5, 0.6) is 0 Å². The average molecular weight is 247 g/mol. The van der Waals surface area contributed by atoms with Crippen molar-refractivity contribution in [3.05, 3.63) is 0 Å². The molecule has 0 heterocycles. The topological polar surface area (TPSA) is 40.0 Å². The normalized spacial score (nSPS) is 15.0. The Morgan fingerprint density at radius 2 is 2.19 bits per heavy atom. The van der Waals surface area contributed by atoms with Crippen LogP contribution in [0.3, 0.4) is 0 Å². The van der Waals surface area contributed by atoms with E-state index in [0.717, 1.165) is 25.9 Å². The summed E-state index contributed by atoms with van der Waals surface area (Å²) in [5.74, 6) is 0. The maximum absolute atomic E-state index is 5.74. The fourth-order valence-corrected chi connectivity index (χ4v) is 1.09. The van der Waals surface area contributed by atoms with Crippen LogP contribution in [0, 0.1) is 0 Å². The molecule has 0 fully saturated rings. The summed E-state index contributed by atoms with van der Waals surface area (Å²) in [6.07, 6.45) is 3.48. The van der Waals surface area contributed by atoms with E-state index >= 15 is 0 Å². The van der Waals surface area contributed by atoms with E-state index in [4.69, 9.17) is 11.6 Å². The van der Waals surface area contributed by atoms with Crippen molar-refractivity contribution >= 4 is 23.1 Å². The van der Waals surface area contributed by atoms with Crippen LogP contribution >= 0.6 is 11.6 Å². The Hall–Kier alpha value is -0.450. The van der Waals surface area contributed by atoms with Crippen molar-refractivity contribution in [2.24, 2.45) is 9.98 Å². The van der Waals surface area contributed by atoms with Crippen molar-refractivity contribution in [3.8, 4) is 0 Å². The maximum atomic E-state index is 5.74. The van der Waals surface area contributed by atoms with Crippen molar-refractivity contribution in [2.75, 3.05) is 27.2 Å². The first-order valence-corrected chi connectivity index (χ1v) is 6.06. The summed E-state index contributed by atoms with van der Waals surface area (Å²) < 4.78 is 0. The molecule has 0 aromatic carbocycles. The lowest BCUT2D eigenvalue weighted by atomic mass is 10.4. The molecule has 0 aliphatic rings. The van der Waals surface area contributed by atoms with Gasteiger partial charge in [0.25, 0.3) is 0 Å². The van der Waals surface area contributed by atoms with Gasteiger partial charge >= 0.3 is 0 Å². The van der Waals surface area contributed by atoms with Crippen molar-refractivity contribution in [2.45, 2.75) is 32.9 Å². The molecule has 94 valence electrons. The fourth-order valence-electron chi connectivity index (χ4n) is 1.05. The molecular weight excluding hydrogens is 224 g/mol. The summed E-state index contributed by atoms with van der Waals surface area (Å²) in [6.45, 7) is 6.01. The molecule has 0 rings (SSSR count). The van der Waals surface area contributed by atoms with E-state index in [9.17, 15) is 0 Å². The Balaban J connectivity index is 3.62. The molecule has 0 amide bonds. The van der Waals surface area contributed by atoms with Gasteiger partial charge in [-0.3, -0.25) is 10.3 Å². The highest BCUT2D eigenvalue weighted by Gasteiger charge is 1.96. The smallest absolute Gasteiger partial charge is 0.113 e. The molecule has 0 aliphatic heterocycles. The number of aliphatic imine (C=N–C) groups is 2. The Labute approximate surface area is 104 Å². The first kappa shape index (κ1) is 15.6. The third-order valence-electron chi connectivity index (χ3n) is 2.00. The van der Waals surface area contributed by atoms with Gasteiger partial charge in [0, 0.05) is 0 Å². The number of nitrogens with one attached hydrogen (secondary N) is 1. The van der Waals surface area contributed by atoms with Crippen LogP contribution in [0.25, 0.3) is 0 Å². The van der Waals surface area contributed by atoms with Crippen molar-refractivity contribution in [1.29, 1.82) is 0 Å². The first-order chi connectivity index (χ1) is 7.56. The molecule has 5 heteroatoms. The number of nitrogens with zero attached hydrogens (tertiary/aromatic N) is 3. The number of hydrogen-bond acceptors (Lipinski definition) is 3. The van der Waals surface area contributed by atoms with Crippen molar-refractivity contribution < 1.29 is 0 Å². The number of hydrogen-bond donors (Lipinski definition) is 1. The van der Waals surface area contributed by atoms with Gasteiger partial charge < -0.3 is 4.90 Å².